The molecule has 2 heterocycles. The zero-order valence-corrected chi connectivity index (χ0v) is 13.8. The molecule has 7 nitrogen and oxygen atoms in total. The van der Waals surface area contributed by atoms with Crippen molar-refractivity contribution in [3.05, 3.63) is 22.2 Å². The lowest BCUT2D eigenvalue weighted by molar-refractivity contribution is -0.143. The van der Waals surface area contributed by atoms with Gasteiger partial charge in [-0.1, -0.05) is 0 Å². The van der Waals surface area contributed by atoms with Crippen molar-refractivity contribution in [2.75, 3.05) is 18.5 Å². The Balaban J connectivity index is 1.93. The lowest BCUT2D eigenvalue weighted by Gasteiger charge is -2.33. The number of carboxylic acids is 1. The summed E-state index contributed by atoms with van der Waals surface area (Å²) < 4.78 is 5.81. The number of carbonyl (C=O) groups excluding carboxylic acids is 2. The SMILES string of the molecule is O=C1COc2cc(C(=O)N3CCCC[C@@H]3C(=O)O)c(Br)cc2N1. The first-order valence-corrected chi connectivity index (χ1v) is 8.06. The molecule has 2 amide bonds. The topological polar surface area (TPSA) is 95.9 Å². The van der Waals surface area contributed by atoms with Gasteiger partial charge in [-0.15, -0.1) is 0 Å². The highest BCUT2D eigenvalue weighted by Crippen LogP contribution is 2.35. The van der Waals surface area contributed by atoms with Crippen molar-refractivity contribution in [3.8, 4) is 5.75 Å². The highest BCUT2D eigenvalue weighted by Gasteiger charge is 2.34. The summed E-state index contributed by atoms with van der Waals surface area (Å²) in [6, 6.07) is 2.33. The number of ether oxygens (including phenoxy) is 1. The maximum atomic E-state index is 12.8. The molecule has 1 fully saturated rings. The van der Waals surface area contributed by atoms with Crippen molar-refractivity contribution in [2.24, 2.45) is 0 Å². The van der Waals surface area contributed by atoms with Gasteiger partial charge < -0.3 is 20.1 Å². The van der Waals surface area contributed by atoms with Crippen LogP contribution in [0.1, 0.15) is 29.6 Å². The summed E-state index contributed by atoms with van der Waals surface area (Å²) in [7, 11) is 0. The molecule has 0 aliphatic carbocycles. The number of carboxylic acid groups (broad SMARTS) is 1. The summed E-state index contributed by atoms with van der Waals surface area (Å²) >= 11 is 3.32. The lowest BCUT2D eigenvalue weighted by Crippen LogP contribution is -2.48. The summed E-state index contributed by atoms with van der Waals surface area (Å²) in [6.07, 6.45) is 2.03. The minimum Gasteiger partial charge on any atom is -0.482 e. The van der Waals surface area contributed by atoms with Gasteiger partial charge in [0.2, 0.25) is 0 Å². The van der Waals surface area contributed by atoms with Crippen LogP contribution in [-0.2, 0) is 9.59 Å². The van der Waals surface area contributed by atoms with E-state index in [1.54, 1.807) is 6.07 Å². The zero-order chi connectivity index (χ0) is 16.6. The molecule has 0 aromatic heterocycles. The van der Waals surface area contributed by atoms with Crippen LogP contribution in [0.2, 0.25) is 0 Å². The second-order valence-electron chi connectivity index (χ2n) is 5.51. The Morgan fingerprint density at radius 3 is 2.87 bits per heavy atom. The molecular formula is C15H15BrN2O5. The Bertz CT molecular complexity index is 691. The van der Waals surface area contributed by atoms with Gasteiger partial charge in [0.1, 0.15) is 11.8 Å². The number of nitrogens with zero attached hydrogens (tertiary/aromatic N) is 1. The molecule has 8 heteroatoms. The summed E-state index contributed by atoms with van der Waals surface area (Å²) in [5.74, 6) is -1.20. The number of rotatable bonds is 2. The van der Waals surface area contributed by atoms with E-state index in [9.17, 15) is 19.5 Å². The van der Waals surface area contributed by atoms with Gasteiger partial charge in [0, 0.05) is 11.0 Å². The number of aliphatic carboxylic acids is 1. The van der Waals surface area contributed by atoms with E-state index in [4.69, 9.17) is 4.74 Å². The van der Waals surface area contributed by atoms with Gasteiger partial charge in [-0.2, -0.15) is 0 Å². The monoisotopic (exact) mass is 382 g/mol. The minimum absolute atomic E-state index is 0.107. The van der Waals surface area contributed by atoms with Crippen molar-refractivity contribution in [2.45, 2.75) is 25.3 Å². The van der Waals surface area contributed by atoms with E-state index in [0.29, 0.717) is 34.4 Å². The van der Waals surface area contributed by atoms with Crippen LogP contribution in [0.5, 0.6) is 5.75 Å². The first-order chi connectivity index (χ1) is 11.0. The van der Waals surface area contributed by atoms with Gasteiger partial charge in [0.25, 0.3) is 11.8 Å². The molecule has 122 valence electrons. The number of piperidine rings is 1. The molecule has 1 aromatic carbocycles. The Morgan fingerprint density at radius 1 is 1.35 bits per heavy atom. The number of likely N-dealkylation sites (tertiary alicyclic amines) is 1. The molecule has 0 radical (unpaired) electrons. The molecule has 0 bridgehead atoms. The van der Waals surface area contributed by atoms with Crippen LogP contribution in [0.3, 0.4) is 0 Å². The third-order valence-corrected chi connectivity index (χ3v) is 4.64. The van der Waals surface area contributed by atoms with Crippen molar-refractivity contribution < 1.29 is 24.2 Å². The zero-order valence-electron chi connectivity index (χ0n) is 12.2. The predicted octanol–water partition coefficient (Wildman–Crippen LogP) is 1.86. The van der Waals surface area contributed by atoms with Gasteiger partial charge in [0.15, 0.2) is 6.61 Å². The van der Waals surface area contributed by atoms with Crippen LogP contribution in [0.15, 0.2) is 16.6 Å². The van der Waals surface area contributed by atoms with Crippen LogP contribution >= 0.6 is 15.9 Å². The van der Waals surface area contributed by atoms with Crippen molar-refractivity contribution in [3.63, 3.8) is 0 Å². The van der Waals surface area contributed by atoms with E-state index in [1.807, 2.05) is 0 Å². The molecule has 0 unspecified atom stereocenters. The Morgan fingerprint density at radius 2 is 2.13 bits per heavy atom. The van der Waals surface area contributed by atoms with Crippen LogP contribution in [0.4, 0.5) is 5.69 Å². The van der Waals surface area contributed by atoms with Gasteiger partial charge in [-0.3, -0.25) is 9.59 Å². The molecule has 3 rings (SSSR count). The number of nitrogens with one attached hydrogen (secondary N) is 1. The number of fused-ring (bicyclic) bond motifs is 1. The minimum atomic E-state index is -0.990. The maximum absolute atomic E-state index is 12.8. The van der Waals surface area contributed by atoms with E-state index in [2.05, 4.69) is 21.2 Å². The molecule has 0 saturated carbocycles. The smallest absolute Gasteiger partial charge is 0.326 e. The second kappa shape index (κ2) is 6.19. The molecule has 1 aromatic rings. The Kier molecular flexibility index (Phi) is 4.25. The highest BCUT2D eigenvalue weighted by atomic mass is 79.9. The number of amides is 2. The number of hydrogen-bond acceptors (Lipinski definition) is 4. The lowest BCUT2D eigenvalue weighted by atomic mass is 10.0. The van der Waals surface area contributed by atoms with Crippen LogP contribution in [0.25, 0.3) is 0 Å². The Hall–Kier alpha value is -2.09. The predicted molar refractivity (Wildman–Crippen MR) is 84.6 cm³/mol. The molecule has 2 N–H and O–H groups in total. The van der Waals surface area contributed by atoms with Crippen LogP contribution in [-0.4, -0.2) is 47.0 Å². The van der Waals surface area contributed by atoms with E-state index in [1.165, 1.54) is 11.0 Å². The van der Waals surface area contributed by atoms with Gasteiger partial charge in [-0.25, -0.2) is 4.79 Å². The summed E-state index contributed by atoms with van der Waals surface area (Å²) in [5.41, 5.74) is 0.811. The van der Waals surface area contributed by atoms with E-state index in [-0.39, 0.29) is 18.4 Å². The average Bonchev–Trinajstić information content (AvgIpc) is 2.53. The van der Waals surface area contributed by atoms with Gasteiger partial charge in [0.05, 0.1) is 11.3 Å². The first-order valence-electron chi connectivity index (χ1n) is 7.27. The van der Waals surface area contributed by atoms with E-state index < -0.39 is 12.0 Å². The fourth-order valence-electron chi connectivity index (χ4n) is 2.85. The number of benzene rings is 1. The maximum Gasteiger partial charge on any atom is 0.326 e. The molecule has 1 atom stereocenters. The molecule has 2 aliphatic rings. The van der Waals surface area contributed by atoms with E-state index >= 15 is 0 Å². The molecule has 23 heavy (non-hydrogen) atoms. The van der Waals surface area contributed by atoms with Gasteiger partial charge >= 0.3 is 5.97 Å². The largest absolute Gasteiger partial charge is 0.482 e. The van der Waals surface area contributed by atoms with Crippen molar-refractivity contribution in [1.29, 1.82) is 0 Å². The molecular weight excluding hydrogens is 368 g/mol. The molecule has 0 spiro atoms. The van der Waals surface area contributed by atoms with Gasteiger partial charge in [-0.05, 0) is 47.3 Å². The fraction of sp³-hybridized carbons (Fsp3) is 0.400. The normalized spacial score (nSPS) is 20.3. The number of halogens is 1. The van der Waals surface area contributed by atoms with Crippen LogP contribution in [0, 0.1) is 0 Å². The van der Waals surface area contributed by atoms with Crippen LogP contribution < -0.4 is 10.1 Å². The standard InChI is InChI=1S/C15H15BrN2O5/c16-9-6-10-12(23-7-13(19)17-10)5-8(9)14(20)18-4-2-1-3-11(18)15(21)22/h5-6,11H,1-4,7H2,(H,17,19)(H,21,22)/t11-/m1/s1. The number of carbonyl (C=O) groups is 3. The van der Waals surface area contributed by atoms with Crippen molar-refractivity contribution >= 4 is 39.4 Å². The number of hydrogen-bond donors (Lipinski definition) is 2. The molecule has 1 saturated heterocycles. The summed E-state index contributed by atoms with van der Waals surface area (Å²) in [6.45, 7) is 0.306. The third kappa shape index (κ3) is 3.03. The first kappa shape index (κ1) is 15.8. The Labute approximate surface area is 140 Å². The summed E-state index contributed by atoms with van der Waals surface area (Å²) in [4.78, 5) is 36.9. The quantitative estimate of drug-likeness (QED) is 0.813. The fourth-order valence-corrected chi connectivity index (χ4v) is 3.36. The van der Waals surface area contributed by atoms with Crippen molar-refractivity contribution in [1.82, 2.24) is 4.90 Å². The third-order valence-electron chi connectivity index (χ3n) is 3.98. The highest BCUT2D eigenvalue weighted by molar-refractivity contribution is 9.10. The van der Waals surface area contributed by atoms with E-state index in [0.717, 1.165) is 12.8 Å². The second-order valence-corrected chi connectivity index (χ2v) is 6.37. The average molecular weight is 383 g/mol. The number of anilines is 1. The molecule has 2 aliphatic heterocycles. The summed E-state index contributed by atoms with van der Waals surface area (Å²) in [5, 5.41) is 12.0.